The number of imidazole rings is 1. The van der Waals surface area contributed by atoms with Gasteiger partial charge in [0.25, 0.3) is 0 Å². The molecule has 0 aliphatic heterocycles. The number of H-pyrrole nitrogens is 1. The summed E-state index contributed by atoms with van der Waals surface area (Å²) in [6.45, 7) is 0. The average Bonchev–Trinajstić information content (AvgIpc) is 3.12. The van der Waals surface area contributed by atoms with Gasteiger partial charge in [-0.1, -0.05) is 6.07 Å². The van der Waals surface area contributed by atoms with Gasteiger partial charge in [-0.05, 0) is 36.8 Å². The fourth-order valence-corrected chi connectivity index (χ4v) is 3.48. The zero-order chi connectivity index (χ0) is 18.4. The van der Waals surface area contributed by atoms with Crippen molar-refractivity contribution in [1.29, 1.82) is 0 Å². The summed E-state index contributed by atoms with van der Waals surface area (Å²) in [5.74, 6) is 0.185. The van der Waals surface area contributed by atoms with E-state index in [2.05, 4.69) is 20.2 Å². The lowest BCUT2D eigenvalue weighted by Gasteiger charge is -2.06. The molecule has 0 saturated carbocycles. The molecule has 0 aliphatic carbocycles. The Bertz CT molecular complexity index is 1300. The molecule has 2 N–H and O–H groups in total. The summed E-state index contributed by atoms with van der Waals surface area (Å²) >= 11 is 0. The van der Waals surface area contributed by atoms with Crippen molar-refractivity contribution < 1.29 is 9.50 Å². The van der Waals surface area contributed by atoms with Crippen LogP contribution in [0.3, 0.4) is 0 Å². The SMILES string of the molecule is Oc1nncc2c3[nH]c(CCc4ccccn4)nc3c3ccc(F)cc3c12. The highest BCUT2D eigenvalue weighted by Crippen LogP contribution is 2.37. The fraction of sp³-hybridized carbons (Fsp3) is 0.100. The highest BCUT2D eigenvalue weighted by molar-refractivity contribution is 6.24. The summed E-state index contributed by atoms with van der Waals surface area (Å²) < 4.78 is 13.9. The predicted molar refractivity (Wildman–Crippen MR) is 100.0 cm³/mol. The third-order valence-corrected chi connectivity index (χ3v) is 4.70. The molecule has 0 aliphatic rings. The number of aromatic amines is 1. The topological polar surface area (TPSA) is 87.6 Å². The van der Waals surface area contributed by atoms with Gasteiger partial charge < -0.3 is 10.1 Å². The largest absolute Gasteiger partial charge is 0.492 e. The van der Waals surface area contributed by atoms with Crippen LogP contribution in [-0.4, -0.2) is 30.3 Å². The lowest BCUT2D eigenvalue weighted by atomic mass is 10.0. The maximum atomic E-state index is 13.9. The van der Waals surface area contributed by atoms with Crippen LogP contribution < -0.4 is 0 Å². The summed E-state index contributed by atoms with van der Waals surface area (Å²) in [6.07, 6.45) is 4.75. The molecule has 3 heterocycles. The van der Waals surface area contributed by atoms with Crippen molar-refractivity contribution in [2.45, 2.75) is 12.8 Å². The first-order valence-electron chi connectivity index (χ1n) is 8.55. The molecule has 0 unspecified atom stereocenters. The van der Waals surface area contributed by atoms with Crippen LogP contribution in [0, 0.1) is 5.82 Å². The Morgan fingerprint density at radius 1 is 1.04 bits per heavy atom. The first-order valence-corrected chi connectivity index (χ1v) is 8.55. The predicted octanol–water partition coefficient (Wildman–Crippen LogP) is 3.68. The molecule has 0 amide bonds. The molecule has 7 heteroatoms. The van der Waals surface area contributed by atoms with Gasteiger partial charge in [0.2, 0.25) is 5.88 Å². The number of aromatic nitrogens is 5. The van der Waals surface area contributed by atoms with Crippen molar-refractivity contribution in [3.63, 3.8) is 0 Å². The maximum absolute atomic E-state index is 13.9. The molecule has 2 aromatic carbocycles. The van der Waals surface area contributed by atoms with Crippen LogP contribution in [0.2, 0.25) is 0 Å². The van der Waals surface area contributed by atoms with Crippen LogP contribution in [0.5, 0.6) is 5.88 Å². The van der Waals surface area contributed by atoms with E-state index < -0.39 is 0 Å². The highest BCUT2D eigenvalue weighted by atomic mass is 19.1. The standard InChI is InChI=1S/C20H14FN5O/c21-11-4-6-13-14(9-11)17-15(10-23-26-20(17)27)19-18(13)24-16(25-19)7-5-12-3-1-2-8-22-12/h1-4,6,8-10H,5,7H2,(H,24,25)(H,26,27). The molecule has 0 bridgehead atoms. The molecule has 5 rings (SSSR count). The number of halogens is 1. The molecule has 5 aromatic rings. The van der Waals surface area contributed by atoms with Crippen LogP contribution in [-0.2, 0) is 12.8 Å². The van der Waals surface area contributed by atoms with Gasteiger partial charge in [0.15, 0.2) is 0 Å². The minimum absolute atomic E-state index is 0.227. The van der Waals surface area contributed by atoms with E-state index in [-0.39, 0.29) is 11.7 Å². The number of aryl methyl sites for hydroxylation is 2. The number of nitrogens with zero attached hydrogens (tertiary/aromatic N) is 4. The lowest BCUT2D eigenvalue weighted by molar-refractivity contribution is 0.453. The molecule has 0 atom stereocenters. The Balaban J connectivity index is 1.73. The Kier molecular flexibility index (Phi) is 3.46. The van der Waals surface area contributed by atoms with E-state index in [1.54, 1.807) is 18.5 Å². The van der Waals surface area contributed by atoms with E-state index in [4.69, 9.17) is 4.98 Å². The van der Waals surface area contributed by atoms with Gasteiger partial charge in [-0.3, -0.25) is 4.98 Å². The molecule has 0 radical (unpaired) electrons. The van der Waals surface area contributed by atoms with Gasteiger partial charge in [0, 0.05) is 34.5 Å². The Hall–Kier alpha value is -3.61. The van der Waals surface area contributed by atoms with E-state index in [0.29, 0.717) is 22.6 Å². The second-order valence-electron chi connectivity index (χ2n) is 6.37. The summed E-state index contributed by atoms with van der Waals surface area (Å²) in [6, 6.07) is 10.3. The summed E-state index contributed by atoms with van der Waals surface area (Å²) in [5.41, 5.74) is 2.46. The average molecular weight is 359 g/mol. The zero-order valence-electron chi connectivity index (χ0n) is 14.1. The van der Waals surface area contributed by atoms with E-state index in [9.17, 15) is 9.50 Å². The minimum atomic E-state index is -0.384. The molecule has 3 aromatic heterocycles. The van der Waals surface area contributed by atoms with Crippen LogP contribution >= 0.6 is 0 Å². The van der Waals surface area contributed by atoms with Crippen molar-refractivity contribution in [2.75, 3.05) is 0 Å². The normalized spacial score (nSPS) is 11.6. The molecule has 27 heavy (non-hydrogen) atoms. The number of rotatable bonds is 3. The van der Waals surface area contributed by atoms with E-state index in [0.717, 1.165) is 34.4 Å². The van der Waals surface area contributed by atoms with E-state index in [1.807, 2.05) is 18.2 Å². The van der Waals surface area contributed by atoms with Crippen molar-refractivity contribution in [1.82, 2.24) is 25.1 Å². The molecule has 6 nitrogen and oxygen atoms in total. The summed E-state index contributed by atoms with van der Waals surface area (Å²) in [5, 5.41) is 20.2. The van der Waals surface area contributed by atoms with Crippen LogP contribution in [0.4, 0.5) is 4.39 Å². The van der Waals surface area contributed by atoms with E-state index >= 15 is 0 Å². The molecule has 0 saturated heterocycles. The number of aromatic hydroxyl groups is 1. The smallest absolute Gasteiger partial charge is 0.239 e. The number of nitrogens with one attached hydrogen (secondary N) is 1. The first-order chi connectivity index (χ1) is 13.2. The highest BCUT2D eigenvalue weighted by Gasteiger charge is 2.17. The van der Waals surface area contributed by atoms with Gasteiger partial charge in [-0.25, -0.2) is 9.37 Å². The summed E-state index contributed by atoms with van der Waals surface area (Å²) in [7, 11) is 0. The third kappa shape index (κ3) is 2.55. The quantitative estimate of drug-likeness (QED) is 0.480. The maximum Gasteiger partial charge on any atom is 0.239 e. The van der Waals surface area contributed by atoms with Gasteiger partial charge in [0.05, 0.1) is 22.6 Å². The van der Waals surface area contributed by atoms with Crippen LogP contribution in [0.25, 0.3) is 32.6 Å². The van der Waals surface area contributed by atoms with Crippen LogP contribution in [0.1, 0.15) is 11.5 Å². The number of hydrogen-bond donors (Lipinski definition) is 2. The number of benzene rings is 2. The van der Waals surface area contributed by atoms with Gasteiger partial charge in [-0.2, -0.15) is 5.10 Å². The van der Waals surface area contributed by atoms with Crippen molar-refractivity contribution in [2.24, 2.45) is 0 Å². The van der Waals surface area contributed by atoms with E-state index in [1.165, 1.54) is 12.1 Å². The zero-order valence-corrected chi connectivity index (χ0v) is 14.1. The molecule has 0 fully saturated rings. The molecular weight excluding hydrogens is 345 g/mol. The van der Waals surface area contributed by atoms with Crippen LogP contribution in [0.15, 0.2) is 48.8 Å². The number of hydrogen-bond acceptors (Lipinski definition) is 5. The second-order valence-corrected chi connectivity index (χ2v) is 6.37. The fourth-order valence-electron chi connectivity index (χ4n) is 3.48. The minimum Gasteiger partial charge on any atom is -0.492 e. The van der Waals surface area contributed by atoms with Crippen molar-refractivity contribution in [3.05, 3.63) is 66.1 Å². The van der Waals surface area contributed by atoms with Gasteiger partial charge in [0.1, 0.15) is 11.6 Å². The number of pyridine rings is 1. The Morgan fingerprint density at radius 2 is 1.96 bits per heavy atom. The Labute approximate surface area is 152 Å². The Morgan fingerprint density at radius 3 is 2.81 bits per heavy atom. The molecule has 132 valence electrons. The second kappa shape index (κ2) is 5.98. The summed E-state index contributed by atoms with van der Waals surface area (Å²) in [4.78, 5) is 12.4. The number of fused-ring (bicyclic) bond motifs is 6. The molecular formula is C20H14FN5O. The van der Waals surface area contributed by atoms with Gasteiger partial charge >= 0.3 is 0 Å². The lowest BCUT2D eigenvalue weighted by Crippen LogP contribution is -1.95. The monoisotopic (exact) mass is 359 g/mol. The first kappa shape index (κ1) is 15.6. The third-order valence-electron chi connectivity index (χ3n) is 4.70. The molecule has 0 spiro atoms. The van der Waals surface area contributed by atoms with Gasteiger partial charge in [-0.15, -0.1) is 5.10 Å². The van der Waals surface area contributed by atoms with Crippen molar-refractivity contribution >= 4 is 32.6 Å². The van der Waals surface area contributed by atoms with Crippen molar-refractivity contribution in [3.8, 4) is 5.88 Å².